The highest BCUT2D eigenvalue weighted by Gasteiger charge is 2.29. The van der Waals surface area contributed by atoms with Crippen molar-refractivity contribution >= 4 is 21.6 Å². The smallest absolute Gasteiger partial charge is 0.209 e. The Morgan fingerprint density at radius 3 is 2.11 bits per heavy atom. The molecule has 0 spiro atoms. The summed E-state index contributed by atoms with van der Waals surface area (Å²) < 4.78 is 27.9. The van der Waals surface area contributed by atoms with Gasteiger partial charge in [0, 0.05) is 13.2 Å². The third-order valence-corrected chi connectivity index (χ3v) is 2.59. The molecule has 0 saturated carbocycles. The lowest BCUT2D eigenvalue weighted by Crippen LogP contribution is -2.41. The molecule has 1 atom stereocenters. The summed E-state index contributed by atoms with van der Waals surface area (Å²) >= 11 is 0. The van der Waals surface area contributed by atoms with E-state index in [-0.39, 0.29) is 0 Å². The summed E-state index contributed by atoms with van der Waals surface area (Å²) in [6.07, 6.45) is 4.56. The monoisotopic (exact) mass is 268 g/mol. The van der Waals surface area contributed by atoms with Gasteiger partial charge in [-0.15, -0.1) is 0 Å². The number of para-hydroxylation sites is 1. The largest absolute Gasteiger partial charge is 0.748 e. The molecule has 6 heteroatoms. The minimum Gasteiger partial charge on any atom is -0.748 e. The van der Waals surface area contributed by atoms with Crippen LogP contribution in [0.1, 0.15) is 6.92 Å². The average molecular weight is 268 g/mol. The number of rotatable bonds is 1. The molecule has 0 bridgehead atoms. The van der Waals surface area contributed by atoms with Crippen LogP contribution in [-0.4, -0.2) is 32.1 Å². The number of hydrogen-bond donors (Lipinski definition) is 0. The number of benzene rings is 1. The summed E-state index contributed by atoms with van der Waals surface area (Å²) in [5, 5.41) is 0. The Morgan fingerprint density at radius 2 is 1.72 bits per heavy atom. The summed E-state index contributed by atoms with van der Waals surface area (Å²) in [7, 11) is -1.78. The first-order chi connectivity index (χ1) is 8.23. The summed E-state index contributed by atoms with van der Waals surface area (Å²) in [6, 6.07) is 10.4. The molecule has 5 nitrogen and oxygen atoms in total. The van der Waals surface area contributed by atoms with Gasteiger partial charge >= 0.3 is 0 Å². The predicted molar refractivity (Wildman–Crippen MR) is 72.0 cm³/mol. The Balaban J connectivity index is 0.000000280. The van der Waals surface area contributed by atoms with Gasteiger partial charge in [0.05, 0.1) is 23.4 Å². The van der Waals surface area contributed by atoms with Gasteiger partial charge in [-0.25, -0.2) is 17.9 Å². The molecular formula is C12H16N2O3S. The van der Waals surface area contributed by atoms with Crippen LogP contribution in [0.15, 0.2) is 47.7 Å². The standard InChI is InChI=1S/C11H13N2.CH4O3S/c1-10-12-8-9-13(10,2)11-6-4-3-5-7-11;1-5(2,3)4/h3-9H,1-2H3;1H3,(H,2,3,4)/q+1;/p-1. The molecule has 0 aliphatic carbocycles. The van der Waals surface area contributed by atoms with Crippen LogP contribution in [-0.2, 0) is 10.1 Å². The van der Waals surface area contributed by atoms with Crippen LogP contribution < -0.4 is 4.48 Å². The van der Waals surface area contributed by atoms with Crippen molar-refractivity contribution in [2.75, 3.05) is 13.3 Å². The molecule has 1 aliphatic heterocycles. The minimum atomic E-state index is -3.92. The summed E-state index contributed by atoms with van der Waals surface area (Å²) in [6.45, 7) is 2.05. The molecule has 1 aromatic rings. The van der Waals surface area contributed by atoms with Crippen LogP contribution in [0.25, 0.3) is 0 Å². The van der Waals surface area contributed by atoms with Crippen molar-refractivity contribution in [3.63, 3.8) is 0 Å². The fraction of sp³-hybridized carbons (Fsp3) is 0.250. The van der Waals surface area contributed by atoms with Gasteiger partial charge in [0.2, 0.25) is 5.84 Å². The third kappa shape index (κ3) is 4.06. The van der Waals surface area contributed by atoms with Gasteiger partial charge in [-0.05, 0) is 12.1 Å². The second-order valence-corrected chi connectivity index (χ2v) is 5.50. The van der Waals surface area contributed by atoms with Crippen LogP contribution in [0.3, 0.4) is 0 Å². The van der Waals surface area contributed by atoms with E-state index < -0.39 is 10.1 Å². The number of hydrogen-bond acceptors (Lipinski definition) is 4. The lowest BCUT2D eigenvalue weighted by atomic mass is 10.2. The van der Waals surface area contributed by atoms with Crippen molar-refractivity contribution < 1.29 is 13.0 Å². The zero-order chi connectivity index (χ0) is 13.8. The van der Waals surface area contributed by atoms with Crippen LogP contribution in [0.5, 0.6) is 0 Å². The SMILES string of the molecule is CC1=NC=C[N+]1(C)c1ccccc1.CS(=O)(=O)[O-]. The third-order valence-electron chi connectivity index (χ3n) is 2.59. The molecule has 2 rings (SSSR count). The Kier molecular flexibility index (Phi) is 4.39. The van der Waals surface area contributed by atoms with Gasteiger partial charge < -0.3 is 4.55 Å². The number of quaternary nitrogens is 1. The molecule has 1 aromatic carbocycles. The topological polar surface area (TPSA) is 69.6 Å². The van der Waals surface area contributed by atoms with Crippen molar-refractivity contribution in [3.05, 3.63) is 42.7 Å². The second kappa shape index (κ2) is 5.43. The Morgan fingerprint density at radius 1 is 1.22 bits per heavy atom. The lowest BCUT2D eigenvalue weighted by Gasteiger charge is -2.25. The van der Waals surface area contributed by atoms with Gasteiger partial charge in [-0.3, -0.25) is 0 Å². The summed E-state index contributed by atoms with van der Waals surface area (Å²) in [5.74, 6) is 1.10. The fourth-order valence-electron chi connectivity index (χ4n) is 1.51. The first-order valence-corrected chi connectivity index (χ1v) is 7.10. The van der Waals surface area contributed by atoms with Crippen LogP contribution in [0.2, 0.25) is 0 Å². The van der Waals surface area contributed by atoms with E-state index >= 15 is 0 Å². The van der Waals surface area contributed by atoms with Crippen molar-refractivity contribution in [2.45, 2.75) is 6.92 Å². The number of aliphatic imine (C=N–C) groups is 1. The molecule has 98 valence electrons. The molecule has 1 unspecified atom stereocenters. The molecular weight excluding hydrogens is 252 g/mol. The summed E-state index contributed by atoms with van der Waals surface area (Å²) in [4.78, 5) is 4.27. The van der Waals surface area contributed by atoms with Gasteiger partial charge in [0.15, 0.2) is 0 Å². The summed E-state index contributed by atoms with van der Waals surface area (Å²) in [5.41, 5.74) is 1.25. The molecule has 0 radical (unpaired) electrons. The highest BCUT2D eigenvalue weighted by atomic mass is 32.2. The molecule has 0 aromatic heterocycles. The first-order valence-electron chi connectivity index (χ1n) is 5.29. The maximum atomic E-state index is 9.08. The van der Waals surface area contributed by atoms with E-state index in [2.05, 4.69) is 42.5 Å². The van der Waals surface area contributed by atoms with E-state index in [1.54, 1.807) is 0 Å². The van der Waals surface area contributed by atoms with E-state index in [1.165, 1.54) is 5.69 Å². The molecule has 0 saturated heterocycles. The van der Waals surface area contributed by atoms with Gasteiger partial charge in [-0.2, -0.15) is 0 Å². The van der Waals surface area contributed by atoms with Crippen molar-refractivity contribution in [2.24, 2.45) is 4.99 Å². The van der Waals surface area contributed by atoms with E-state index in [4.69, 9.17) is 13.0 Å². The van der Waals surface area contributed by atoms with Gasteiger partial charge in [0.25, 0.3) is 0 Å². The second-order valence-electron chi connectivity index (χ2n) is 4.09. The molecule has 1 aliphatic rings. The Hall–Kier alpha value is -1.50. The van der Waals surface area contributed by atoms with Crippen molar-refractivity contribution in [1.29, 1.82) is 0 Å². The zero-order valence-electron chi connectivity index (χ0n) is 10.6. The Labute approximate surface area is 107 Å². The van der Waals surface area contributed by atoms with E-state index in [9.17, 15) is 0 Å². The normalized spacial score (nSPS) is 22.1. The average Bonchev–Trinajstić information content (AvgIpc) is 2.60. The highest BCUT2D eigenvalue weighted by molar-refractivity contribution is 7.84. The van der Waals surface area contributed by atoms with Crippen LogP contribution in [0.4, 0.5) is 5.69 Å². The van der Waals surface area contributed by atoms with Gasteiger partial charge in [0.1, 0.15) is 11.9 Å². The minimum absolute atomic E-state index is 0.604. The molecule has 0 amide bonds. The van der Waals surface area contributed by atoms with Crippen LogP contribution in [0, 0.1) is 0 Å². The molecule has 1 heterocycles. The number of amidine groups is 1. The lowest BCUT2D eigenvalue weighted by molar-refractivity contribution is 0.470. The quantitative estimate of drug-likeness (QED) is 0.575. The predicted octanol–water partition coefficient (Wildman–Crippen LogP) is 1.69. The first kappa shape index (κ1) is 14.6. The number of nitrogens with zero attached hydrogens (tertiary/aromatic N) is 2. The van der Waals surface area contributed by atoms with Crippen molar-refractivity contribution in [1.82, 2.24) is 4.48 Å². The zero-order valence-corrected chi connectivity index (χ0v) is 11.4. The molecule has 0 N–H and O–H groups in total. The van der Waals surface area contributed by atoms with Crippen LogP contribution >= 0.6 is 0 Å². The molecule has 0 fully saturated rings. The van der Waals surface area contributed by atoms with Crippen molar-refractivity contribution in [3.8, 4) is 0 Å². The fourth-order valence-corrected chi connectivity index (χ4v) is 1.51. The maximum Gasteiger partial charge on any atom is 0.209 e. The van der Waals surface area contributed by atoms with E-state index in [1.807, 2.05) is 19.2 Å². The molecule has 18 heavy (non-hydrogen) atoms. The highest BCUT2D eigenvalue weighted by Crippen LogP contribution is 2.24. The van der Waals surface area contributed by atoms with E-state index in [0.717, 1.165) is 5.84 Å². The van der Waals surface area contributed by atoms with Gasteiger partial charge in [-0.1, -0.05) is 18.2 Å². The Bertz CT molecular complexity index is 556. The van der Waals surface area contributed by atoms with E-state index in [0.29, 0.717) is 10.7 Å². The maximum absolute atomic E-state index is 9.08.